The second kappa shape index (κ2) is 10.9. The Kier molecular flexibility index (Phi) is 7.64. The van der Waals surface area contributed by atoms with Crippen LogP contribution in [0.3, 0.4) is 0 Å². The summed E-state index contributed by atoms with van der Waals surface area (Å²) < 4.78 is 44.4. The van der Waals surface area contributed by atoms with Gasteiger partial charge in [0.15, 0.2) is 11.5 Å². The Labute approximate surface area is 240 Å². The van der Waals surface area contributed by atoms with Gasteiger partial charge in [-0.3, -0.25) is 14.8 Å². The number of thioether (sulfide) groups is 1. The first-order valence-corrected chi connectivity index (χ1v) is 15.0. The van der Waals surface area contributed by atoms with Crippen LogP contribution in [-0.2, 0) is 14.8 Å². The summed E-state index contributed by atoms with van der Waals surface area (Å²) in [6.07, 6.45) is 0. The number of rotatable bonds is 7. The largest absolute Gasteiger partial charge is 0.493 e. The standard InChI is InChI=1S/C28H29N3O8S2/c1-28(2)25(27(33)30-34)31(11-12-40-28)41(35,36)18-7-10-21-20(15-18)19-8-6-17(14-23(19)39-21)29-26(32)16-5-9-22(37-3)24(13-16)38-4/h5-10,13-15,25,34H,11-12H2,1-4H3,(H,29,32)(H,30,33)/t25-/m0/s1. The zero-order valence-electron chi connectivity index (χ0n) is 22.8. The number of anilines is 1. The van der Waals surface area contributed by atoms with Crippen LogP contribution < -0.4 is 20.3 Å². The van der Waals surface area contributed by atoms with Gasteiger partial charge in [-0.25, -0.2) is 13.9 Å². The fourth-order valence-corrected chi connectivity index (χ4v) is 8.17. The Balaban J connectivity index is 1.46. The Morgan fingerprint density at radius 3 is 2.46 bits per heavy atom. The summed E-state index contributed by atoms with van der Waals surface area (Å²) in [5.41, 5.74) is 3.38. The first-order chi connectivity index (χ1) is 19.5. The summed E-state index contributed by atoms with van der Waals surface area (Å²) in [6.45, 7) is 3.66. The van der Waals surface area contributed by atoms with Crippen LogP contribution >= 0.6 is 11.8 Å². The number of hydrogen-bond donors (Lipinski definition) is 3. The predicted octanol–water partition coefficient (Wildman–Crippen LogP) is 4.25. The average molecular weight is 600 g/mol. The van der Waals surface area contributed by atoms with Gasteiger partial charge < -0.3 is 19.2 Å². The monoisotopic (exact) mass is 599 g/mol. The third kappa shape index (κ3) is 5.21. The van der Waals surface area contributed by atoms with E-state index in [0.29, 0.717) is 50.4 Å². The van der Waals surface area contributed by atoms with Crippen molar-refractivity contribution in [3.8, 4) is 11.5 Å². The molecule has 0 radical (unpaired) electrons. The van der Waals surface area contributed by atoms with E-state index < -0.39 is 26.7 Å². The fourth-order valence-electron chi connectivity index (χ4n) is 5.03. The summed E-state index contributed by atoms with van der Waals surface area (Å²) >= 11 is 1.47. The minimum Gasteiger partial charge on any atom is -0.493 e. The zero-order valence-corrected chi connectivity index (χ0v) is 24.4. The molecule has 1 atom stereocenters. The van der Waals surface area contributed by atoms with Crippen molar-refractivity contribution in [2.24, 2.45) is 0 Å². The van der Waals surface area contributed by atoms with E-state index in [4.69, 9.17) is 13.9 Å². The van der Waals surface area contributed by atoms with Gasteiger partial charge in [-0.1, -0.05) is 0 Å². The number of hydrogen-bond acceptors (Lipinski definition) is 9. The zero-order chi connectivity index (χ0) is 29.5. The van der Waals surface area contributed by atoms with E-state index in [1.807, 2.05) is 0 Å². The van der Waals surface area contributed by atoms with Gasteiger partial charge >= 0.3 is 0 Å². The summed E-state index contributed by atoms with van der Waals surface area (Å²) in [5, 5.41) is 13.4. The molecule has 1 saturated heterocycles. The topological polar surface area (TPSA) is 147 Å². The number of furan rings is 1. The van der Waals surface area contributed by atoms with Crippen LogP contribution in [0.4, 0.5) is 5.69 Å². The van der Waals surface area contributed by atoms with Gasteiger partial charge in [-0.05, 0) is 62.4 Å². The van der Waals surface area contributed by atoms with Crippen molar-refractivity contribution in [2.75, 3.05) is 31.8 Å². The van der Waals surface area contributed by atoms with Crippen molar-refractivity contribution in [3.63, 3.8) is 0 Å². The molecule has 3 aromatic carbocycles. The molecule has 0 aliphatic carbocycles. The summed E-state index contributed by atoms with van der Waals surface area (Å²) in [5.74, 6) is 0.274. The minimum atomic E-state index is -4.11. The summed E-state index contributed by atoms with van der Waals surface area (Å²) in [4.78, 5) is 25.4. The van der Waals surface area contributed by atoms with E-state index in [-0.39, 0.29) is 17.3 Å². The molecule has 2 amide bonds. The third-order valence-electron chi connectivity index (χ3n) is 7.04. The highest BCUT2D eigenvalue weighted by molar-refractivity contribution is 8.01. The SMILES string of the molecule is COc1ccc(C(=O)Nc2ccc3c(c2)oc2ccc(S(=O)(=O)N4CCSC(C)(C)[C@@H]4C(=O)NO)cc23)cc1OC. The molecule has 11 nitrogen and oxygen atoms in total. The molecule has 3 N–H and O–H groups in total. The van der Waals surface area contributed by atoms with E-state index in [1.165, 1.54) is 38.1 Å². The Bertz CT molecular complexity index is 1770. The molecule has 1 aliphatic rings. The van der Waals surface area contributed by atoms with E-state index in [0.717, 1.165) is 4.31 Å². The van der Waals surface area contributed by atoms with Gasteiger partial charge in [0.2, 0.25) is 10.0 Å². The number of hydroxylamine groups is 1. The fraction of sp³-hybridized carbons (Fsp3) is 0.286. The van der Waals surface area contributed by atoms with E-state index in [1.54, 1.807) is 61.8 Å². The number of nitrogens with one attached hydrogen (secondary N) is 2. The molecule has 1 aromatic heterocycles. The Morgan fingerprint density at radius 1 is 1.00 bits per heavy atom. The van der Waals surface area contributed by atoms with E-state index in [2.05, 4.69) is 5.32 Å². The van der Waals surface area contributed by atoms with Crippen molar-refractivity contribution in [2.45, 2.75) is 29.5 Å². The van der Waals surface area contributed by atoms with Crippen LogP contribution in [0.2, 0.25) is 0 Å². The highest BCUT2D eigenvalue weighted by Gasteiger charge is 2.48. The molecule has 1 fully saturated rings. The normalized spacial score (nSPS) is 17.3. The predicted molar refractivity (Wildman–Crippen MR) is 155 cm³/mol. The minimum absolute atomic E-state index is 0.00280. The van der Waals surface area contributed by atoms with Gasteiger partial charge in [0.25, 0.3) is 11.8 Å². The molecule has 1 aliphatic heterocycles. The van der Waals surface area contributed by atoms with Crippen LogP contribution in [-0.4, -0.2) is 67.1 Å². The first kappa shape index (κ1) is 28.7. The number of ether oxygens (including phenoxy) is 2. The van der Waals surface area contributed by atoms with Crippen LogP contribution in [0.1, 0.15) is 24.2 Å². The molecule has 0 saturated carbocycles. The number of benzene rings is 3. The first-order valence-electron chi connectivity index (χ1n) is 12.6. The van der Waals surface area contributed by atoms with Crippen LogP contribution in [0.15, 0.2) is 63.9 Å². The molecule has 41 heavy (non-hydrogen) atoms. The lowest BCUT2D eigenvalue weighted by Gasteiger charge is -2.43. The summed E-state index contributed by atoms with van der Waals surface area (Å²) in [6, 6.07) is 13.3. The number of carbonyl (C=O) groups excluding carboxylic acids is 2. The van der Waals surface area contributed by atoms with Crippen molar-refractivity contribution in [1.29, 1.82) is 0 Å². The molecule has 13 heteroatoms. The number of methoxy groups -OCH3 is 2. The van der Waals surface area contributed by atoms with E-state index >= 15 is 0 Å². The van der Waals surface area contributed by atoms with Gasteiger partial charge in [0.05, 0.1) is 19.1 Å². The Hall–Kier alpha value is -3.78. The smallest absolute Gasteiger partial charge is 0.263 e. The lowest BCUT2D eigenvalue weighted by atomic mass is 10.0. The van der Waals surface area contributed by atoms with Crippen molar-refractivity contribution < 1.29 is 37.1 Å². The highest BCUT2D eigenvalue weighted by Crippen LogP contribution is 2.39. The molecule has 216 valence electrons. The van der Waals surface area contributed by atoms with Crippen LogP contribution in [0.25, 0.3) is 21.9 Å². The average Bonchev–Trinajstić information content (AvgIpc) is 3.32. The van der Waals surface area contributed by atoms with Crippen molar-refractivity contribution >= 4 is 61.2 Å². The van der Waals surface area contributed by atoms with Crippen LogP contribution in [0, 0.1) is 0 Å². The molecule has 0 unspecified atom stereocenters. The molecule has 4 aromatic rings. The lowest BCUT2D eigenvalue weighted by Crippen LogP contribution is -2.61. The second-order valence-corrected chi connectivity index (χ2v) is 13.6. The molecule has 2 heterocycles. The maximum absolute atomic E-state index is 13.8. The highest BCUT2D eigenvalue weighted by atomic mass is 32.2. The van der Waals surface area contributed by atoms with Crippen LogP contribution in [0.5, 0.6) is 11.5 Å². The van der Waals surface area contributed by atoms with Crippen molar-refractivity contribution in [1.82, 2.24) is 9.79 Å². The molecular weight excluding hydrogens is 570 g/mol. The number of amides is 2. The molecular formula is C28H29N3O8S2. The van der Waals surface area contributed by atoms with Crippen molar-refractivity contribution in [3.05, 3.63) is 60.2 Å². The number of sulfonamides is 1. The van der Waals surface area contributed by atoms with Gasteiger partial charge in [0.1, 0.15) is 17.2 Å². The second-order valence-electron chi connectivity index (χ2n) is 9.94. The number of fused-ring (bicyclic) bond motifs is 3. The van der Waals surface area contributed by atoms with Gasteiger partial charge in [-0.15, -0.1) is 0 Å². The van der Waals surface area contributed by atoms with E-state index in [9.17, 15) is 23.2 Å². The molecule has 5 rings (SSSR count). The molecule has 0 spiro atoms. The lowest BCUT2D eigenvalue weighted by molar-refractivity contribution is -0.134. The number of carbonyl (C=O) groups is 2. The number of nitrogens with zero attached hydrogens (tertiary/aromatic N) is 1. The Morgan fingerprint density at radius 2 is 1.76 bits per heavy atom. The third-order valence-corrected chi connectivity index (χ3v) is 10.3. The van der Waals surface area contributed by atoms with Gasteiger partial charge in [0, 0.05) is 45.1 Å². The maximum atomic E-state index is 13.8. The molecule has 0 bridgehead atoms. The summed E-state index contributed by atoms with van der Waals surface area (Å²) in [7, 11) is -1.11. The quantitative estimate of drug-likeness (QED) is 0.210. The van der Waals surface area contributed by atoms with Gasteiger partial charge in [-0.2, -0.15) is 16.1 Å². The maximum Gasteiger partial charge on any atom is 0.263 e.